The van der Waals surface area contributed by atoms with E-state index in [4.69, 9.17) is 0 Å². The van der Waals surface area contributed by atoms with Crippen molar-refractivity contribution in [3.8, 4) is 22.3 Å². The molecule has 0 unspecified atom stereocenters. The molecule has 0 aliphatic carbocycles. The van der Waals surface area contributed by atoms with Gasteiger partial charge in [-0.1, -0.05) is 152 Å². The summed E-state index contributed by atoms with van der Waals surface area (Å²) in [4.78, 5) is 2.48. The zero-order chi connectivity index (χ0) is 40.5. The average molecular weight is 806 g/mol. The van der Waals surface area contributed by atoms with Crippen molar-refractivity contribution in [2.75, 3.05) is 4.90 Å². The van der Waals surface area contributed by atoms with Crippen LogP contribution in [0, 0.1) is 0 Å². The third-order valence-electron chi connectivity index (χ3n) is 13.2. The smallest absolute Gasteiger partial charge is 0.0789 e. The fourth-order valence-corrected chi connectivity index (χ4v) is 11.7. The molecular weight excluding hydrogens is 771 g/mol. The molecular formula is C58H35N3S. The third-order valence-corrected chi connectivity index (χ3v) is 14.4. The number of hydrogen-bond donors (Lipinski definition) is 0. The molecule has 0 bridgehead atoms. The lowest BCUT2D eigenvalue weighted by atomic mass is 9.91. The summed E-state index contributed by atoms with van der Waals surface area (Å²) < 4.78 is 7.60. The summed E-state index contributed by atoms with van der Waals surface area (Å²) in [5, 5.41) is 10.2. The van der Waals surface area contributed by atoms with Crippen molar-refractivity contribution in [3.05, 3.63) is 212 Å². The second-order valence-corrected chi connectivity index (χ2v) is 17.5. The maximum atomic E-state index is 2.53. The van der Waals surface area contributed by atoms with Gasteiger partial charge < -0.3 is 13.7 Å². The lowest BCUT2D eigenvalue weighted by Gasteiger charge is -2.27. The molecule has 10 aromatic carbocycles. The molecule has 0 saturated carbocycles. The van der Waals surface area contributed by atoms with Crippen LogP contribution in [0.1, 0.15) is 0 Å². The van der Waals surface area contributed by atoms with E-state index in [9.17, 15) is 0 Å². The van der Waals surface area contributed by atoms with Gasteiger partial charge in [-0.05, 0) is 93.7 Å². The van der Waals surface area contributed by atoms with E-state index in [2.05, 4.69) is 226 Å². The van der Waals surface area contributed by atoms with Crippen LogP contribution >= 0.6 is 11.3 Å². The van der Waals surface area contributed by atoms with Gasteiger partial charge in [0, 0.05) is 53.1 Å². The first-order chi connectivity index (χ1) is 30.8. The first-order valence-electron chi connectivity index (χ1n) is 21.3. The van der Waals surface area contributed by atoms with E-state index in [1.165, 1.54) is 108 Å². The summed E-state index contributed by atoms with van der Waals surface area (Å²) in [7, 11) is 0. The minimum atomic E-state index is 1.10. The van der Waals surface area contributed by atoms with E-state index in [1.807, 2.05) is 11.3 Å². The highest BCUT2D eigenvalue weighted by Crippen LogP contribution is 2.48. The molecule has 4 aromatic heterocycles. The van der Waals surface area contributed by atoms with Crippen LogP contribution in [0.2, 0.25) is 0 Å². The van der Waals surface area contributed by atoms with E-state index >= 15 is 0 Å². The Morgan fingerprint density at radius 3 is 1.61 bits per heavy atom. The molecule has 3 nitrogen and oxygen atoms in total. The SMILES string of the molecule is c1ccc(-c2cccc3cccc(-c4ccc(N(c5ccc6c(c5)n5c7ccccc7c7ccc8c9ccccc9n6c8c75)c5cccc6sc7ccccc7c56)cc4)c23)cc1. The van der Waals surface area contributed by atoms with E-state index in [0.29, 0.717) is 0 Å². The Morgan fingerprint density at radius 1 is 0.339 bits per heavy atom. The van der Waals surface area contributed by atoms with Crippen molar-refractivity contribution >= 4 is 114 Å². The molecule has 0 saturated heterocycles. The molecule has 14 rings (SSSR count). The van der Waals surface area contributed by atoms with Gasteiger partial charge in [0.2, 0.25) is 0 Å². The summed E-state index contributed by atoms with van der Waals surface area (Å²) in [5.41, 5.74) is 15.6. The second kappa shape index (κ2) is 12.8. The Balaban J connectivity index is 1.05. The summed E-state index contributed by atoms with van der Waals surface area (Å²) in [5.74, 6) is 0. The highest BCUT2D eigenvalue weighted by atomic mass is 32.1. The first-order valence-corrected chi connectivity index (χ1v) is 22.1. The first kappa shape index (κ1) is 33.9. The second-order valence-electron chi connectivity index (χ2n) is 16.4. The van der Waals surface area contributed by atoms with E-state index in [-0.39, 0.29) is 0 Å². The lowest BCUT2D eigenvalue weighted by Crippen LogP contribution is -2.11. The van der Waals surface area contributed by atoms with Gasteiger partial charge in [-0.2, -0.15) is 0 Å². The van der Waals surface area contributed by atoms with E-state index in [0.717, 1.165) is 17.1 Å². The predicted octanol–water partition coefficient (Wildman–Crippen LogP) is 16.6. The van der Waals surface area contributed by atoms with Gasteiger partial charge in [-0.15, -0.1) is 11.3 Å². The normalized spacial score (nSPS) is 12.2. The maximum Gasteiger partial charge on any atom is 0.0789 e. The van der Waals surface area contributed by atoms with Gasteiger partial charge in [-0.25, -0.2) is 0 Å². The Hall–Kier alpha value is -7.92. The number of thiophene rings is 1. The van der Waals surface area contributed by atoms with Crippen molar-refractivity contribution in [1.29, 1.82) is 0 Å². The Kier molecular flexibility index (Phi) is 6.99. The topological polar surface area (TPSA) is 12.1 Å². The van der Waals surface area contributed by atoms with Crippen LogP contribution in [-0.2, 0) is 0 Å². The van der Waals surface area contributed by atoms with Gasteiger partial charge in [-0.3, -0.25) is 0 Å². The predicted molar refractivity (Wildman–Crippen MR) is 266 cm³/mol. The monoisotopic (exact) mass is 805 g/mol. The molecule has 0 aliphatic rings. The average Bonchev–Trinajstić information content (AvgIpc) is 4.00. The van der Waals surface area contributed by atoms with Crippen molar-refractivity contribution in [3.63, 3.8) is 0 Å². The fraction of sp³-hybridized carbons (Fsp3) is 0. The van der Waals surface area contributed by atoms with Gasteiger partial charge in [0.1, 0.15) is 0 Å². The third kappa shape index (κ3) is 4.64. The number of nitrogens with zero attached hydrogens (tertiary/aromatic N) is 3. The van der Waals surface area contributed by atoms with Crippen molar-refractivity contribution in [1.82, 2.24) is 8.80 Å². The number of fused-ring (bicyclic) bond motifs is 13. The van der Waals surface area contributed by atoms with Crippen LogP contribution in [0.25, 0.3) is 108 Å². The van der Waals surface area contributed by atoms with Crippen LogP contribution in [0.4, 0.5) is 17.1 Å². The summed E-state index contributed by atoms with van der Waals surface area (Å²) >= 11 is 1.86. The number of anilines is 3. The molecule has 0 aliphatic heterocycles. The molecule has 4 heterocycles. The molecule has 4 heteroatoms. The van der Waals surface area contributed by atoms with Crippen LogP contribution in [0.5, 0.6) is 0 Å². The molecule has 0 atom stereocenters. The quantitative estimate of drug-likeness (QED) is 0.158. The van der Waals surface area contributed by atoms with Gasteiger partial charge in [0.25, 0.3) is 0 Å². The molecule has 0 fully saturated rings. The molecule has 62 heavy (non-hydrogen) atoms. The molecule has 0 N–H and O–H groups in total. The van der Waals surface area contributed by atoms with Crippen molar-refractivity contribution in [2.45, 2.75) is 0 Å². The minimum absolute atomic E-state index is 1.10. The fourth-order valence-electron chi connectivity index (χ4n) is 10.6. The van der Waals surface area contributed by atoms with Crippen molar-refractivity contribution < 1.29 is 0 Å². The zero-order valence-electron chi connectivity index (χ0n) is 33.5. The Morgan fingerprint density at radius 2 is 0.903 bits per heavy atom. The number of aromatic nitrogens is 2. The zero-order valence-corrected chi connectivity index (χ0v) is 34.3. The minimum Gasteiger partial charge on any atom is -0.310 e. The van der Waals surface area contributed by atoms with Gasteiger partial charge in [0.15, 0.2) is 0 Å². The number of benzene rings is 10. The number of para-hydroxylation sites is 2. The summed E-state index contributed by atoms with van der Waals surface area (Å²) in [6, 6.07) is 78.5. The van der Waals surface area contributed by atoms with Crippen LogP contribution < -0.4 is 4.90 Å². The van der Waals surface area contributed by atoms with Crippen LogP contribution in [-0.4, -0.2) is 8.80 Å². The number of hydrogen-bond acceptors (Lipinski definition) is 2. The highest BCUT2D eigenvalue weighted by molar-refractivity contribution is 7.26. The molecule has 0 amide bonds. The van der Waals surface area contributed by atoms with Crippen molar-refractivity contribution in [2.24, 2.45) is 0 Å². The summed E-state index contributed by atoms with van der Waals surface area (Å²) in [6.07, 6.45) is 0. The van der Waals surface area contributed by atoms with Gasteiger partial charge in [0.05, 0.1) is 38.8 Å². The highest BCUT2D eigenvalue weighted by Gasteiger charge is 2.24. The molecule has 0 spiro atoms. The molecule has 288 valence electrons. The standard InChI is InChI=1S/C58H35N3S/c1-2-13-36(14-3-1)41-20-10-15-38-16-11-21-42(55(38)41)37-27-29-39(30-28-37)59(51-24-12-26-54-56(51)47-19-6-9-25-53(47)62-54)40-31-34-50-52(35-40)61-49-23-8-5-18-44(49)46-33-32-45-43-17-4-7-22-48(43)60(50)57(45)58(46)61/h1-35H. The lowest BCUT2D eigenvalue weighted by molar-refractivity contribution is 1.24. The Labute approximate surface area is 360 Å². The molecule has 14 aromatic rings. The van der Waals surface area contributed by atoms with Crippen LogP contribution in [0.3, 0.4) is 0 Å². The van der Waals surface area contributed by atoms with Crippen LogP contribution in [0.15, 0.2) is 212 Å². The summed E-state index contributed by atoms with van der Waals surface area (Å²) in [6.45, 7) is 0. The van der Waals surface area contributed by atoms with Gasteiger partial charge >= 0.3 is 0 Å². The van der Waals surface area contributed by atoms with E-state index < -0.39 is 0 Å². The largest absolute Gasteiger partial charge is 0.310 e. The molecule has 0 radical (unpaired) electrons. The maximum absolute atomic E-state index is 2.53. The number of rotatable bonds is 5. The Bertz CT molecular complexity index is 4090. The van der Waals surface area contributed by atoms with E-state index in [1.54, 1.807) is 0 Å².